The smallest absolute Gasteiger partial charge is 0.383 e. The highest BCUT2D eigenvalue weighted by atomic mass is 19.4. The van der Waals surface area contributed by atoms with Gasteiger partial charge in [-0.25, -0.2) is 4.98 Å². The van der Waals surface area contributed by atoms with Gasteiger partial charge < -0.3 is 5.73 Å². The van der Waals surface area contributed by atoms with Crippen molar-refractivity contribution < 1.29 is 13.2 Å². The van der Waals surface area contributed by atoms with Crippen molar-refractivity contribution in [1.82, 2.24) is 4.98 Å². The van der Waals surface area contributed by atoms with Crippen LogP contribution in [0.5, 0.6) is 0 Å². The van der Waals surface area contributed by atoms with Crippen LogP contribution in [0.25, 0.3) is 5.57 Å². The van der Waals surface area contributed by atoms with Crippen molar-refractivity contribution >= 4 is 11.4 Å². The van der Waals surface area contributed by atoms with Gasteiger partial charge in [0.05, 0.1) is 5.57 Å². The SMILES string of the molecule is C=C(c1cnc(N)c(C)c1)C(F)(F)F. The topological polar surface area (TPSA) is 38.9 Å². The number of halogens is 3. The van der Waals surface area contributed by atoms with Gasteiger partial charge in [-0.3, -0.25) is 0 Å². The Hall–Kier alpha value is -1.52. The van der Waals surface area contributed by atoms with Crippen molar-refractivity contribution in [3.63, 3.8) is 0 Å². The first-order valence-corrected chi connectivity index (χ1v) is 3.81. The average molecular weight is 202 g/mol. The first-order valence-electron chi connectivity index (χ1n) is 3.81. The van der Waals surface area contributed by atoms with Crippen LogP contribution in [0.3, 0.4) is 0 Å². The van der Waals surface area contributed by atoms with E-state index in [9.17, 15) is 13.2 Å². The number of nitrogens with two attached hydrogens (primary N) is 1. The standard InChI is InChI=1S/C9H9F3N2/c1-5-3-7(4-14-8(5)13)6(2)9(10,11)12/h3-4H,2H2,1H3,(H2,13,14). The lowest BCUT2D eigenvalue weighted by atomic mass is 10.1. The van der Waals surface area contributed by atoms with Crippen LogP contribution in [-0.2, 0) is 0 Å². The first kappa shape index (κ1) is 10.6. The molecule has 0 atom stereocenters. The van der Waals surface area contributed by atoms with Crippen LogP contribution < -0.4 is 5.73 Å². The molecular formula is C9H9F3N2. The fourth-order valence-corrected chi connectivity index (χ4v) is 0.914. The Kier molecular flexibility index (Phi) is 2.51. The highest BCUT2D eigenvalue weighted by Crippen LogP contribution is 2.32. The first-order chi connectivity index (χ1) is 6.32. The minimum Gasteiger partial charge on any atom is -0.383 e. The number of hydrogen-bond donors (Lipinski definition) is 1. The van der Waals surface area contributed by atoms with Crippen molar-refractivity contribution in [3.05, 3.63) is 30.0 Å². The van der Waals surface area contributed by atoms with Crippen LogP contribution in [0.2, 0.25) is 0 Å². The Morgan fingerprint density at radius 1 is 1.50 bits per heavy atom. The van der Waals surface area contributed by atoms with E-state index in [0.717, 1.165) is 6.20 Å². The van der Waals surface area contributed by atoms with E-state index >= 15 is 0 Å². The molecule has 0 spiro atoms. The van der Waals surface area contributed by atoms with E-state index in [1.807, 2.05) is 0 Å². The molecular weight excluding hydrogens is 193 g/mol. The Labute approximate surface area is 79.3 Å². The molecule has 0 saturated heterocycles. The van der Waals surface area contributed by atoms with Crippen molar-refractivity contribution in [2.45, 2.75) is 13.1 Å². The van der Waals surface area contributed by atoms with Gasteiger partial charge in [0.15, 0.2) is 0 Å². The number of allylic oxidation sites excluding steroid dienone is 1. The molecule has 0 aliphatic rings. The zero-order valence-corrected chi connectivity index (χ0v) is 7.52. The molecule has 0 amide bonds. The second kappa shape index (κ2) is 3.32. The van der Waals surface area contributed by atoms with Gasteiger partial charge in [0, 0.05) is 11.8 Å². The summed E-state index contributed by atoms with van der Waals surface area (Å²) in [5.74, 6) is 0.226. The molecule has 0 bridgehead atoms. The Morgan fingerprint density at radius 2 is 2.07 bits per heavy atom. The van der Waals surface area contributed by atoms with Gasteiger partial charge in [-0.2, -0.15) is 13.2 Å². The number of pyridine rings is 1. The number of alkyl halides is 3. The maximum atomic E-state index is 12.2. The number of aromatic nitrogens is 1. The quantitative estimate of drug-likeness (QED) is 0.760. The second-order valence-electron chi connectivity index (χ2n) is 2.90. The van der Waals surface area contributed by atoms with Crippen LogP contribution in [0.4, 0.5) is 19.0 Å². The Balaban J connectivity index is 3.10. The van der Waals surface area contributed by atoms with E-state index in [1.54, 1.807) is 6.92 Å². The molecule has 1 rings (SSSR count). The van der Waals surface area contributed by atoms with E-state index < -0.39 is 11.7 Å². The minimum atomic E-state index is -4.43. The zero-order valence-electron chi connectivity index (χ0n) is 7.52. The van der Waals surface area contributed by atoms with Gasteiger partial charge in [-0.1, -0.05) is 6.58 Å². The third-order valence-corrected chi connectivity index (χ3v) is 1.81. The number of aryl methyl sites for hydroxylation is 1. The molecule has 1 heterocycles. The molecule has 0 aliphatic carbocycles. The number of nitrogens with zero attached hydrogens (tertiary/aromatic N) is 1. The molecule has 1 aromatic heterocycles. The van der Waals surface area contributed by atoms with Crippen molar-refractivity contribution in [3.8, 4) is 0 Å². The van der Waals surface area contributed by atoms with Crippen LogP contribution in [-0.4, -0.2) is 11.2 Å². The molecule has 14 heavy (non-hydrogen) atoms. The van der Waals surface area contributed by atoms with Gasteiger partial charge in [-0.15, -0.1) is 0 Å². The van der Waals surface area contributed by atoms with Crippen molar-refractivity contribution in [1.29, 1.82) is 0 Å². The molecule has 1 aromatic rings. The van der Waals surface area contributed by atoms with Crippen molar-refractivity contribution in [2.24, 2.45) is 0 Å². The highest BCUT2D eigenvalue weighted by Gasteiger charge is 2.33. The van der Waals surface area contributed by atoms with E-state index in [-0.39, 0.29) is 11.4 Å². The maximum absolute atomic E-state index is 12.2. The highest BCUT2D eigenvalue weighted by molar-refractivity contribution is 5.68. The van der Waals surface area contributed by atoms with E-state index in [2.05, 4.69) is 11.6 Å². The maximum Gasteiger partial charge on any atom is 0.416 e. The van der Waals surface area contributed by atoms with Gasteiger partial charge >= 0.3 is 6.18 Å². The summed E-state index contributed by atoms with van der Waals surface area (Å²) >= 11 is 0. The van der Waals surface area contributed by atoms with Crippen LogP contribution in [0, 0.1) is 6.92 Å². The largest absolute Gasteiger partial charge is 0.416 e. The number of rotatable bonds is 1. The molecule has 0 radical (unpaired) electrons. The summed E-state index contributed by atoms with van der Waals surface area (Å²) in [6.07, 6.45) is -3.36. The molecule has 76 valence electrons. The molecule has 0 aromatic carbocycles. The van der Waals surface area contributed by atoms with Crippen LogP contribution in [0.15, 0.2) is 18.8 Å². The average Bonchev–Trinajstić information content (AvgIpc) is 2.07. The predicted molar refractivity (Wildman–Crippen MR) is 48.5 cm³/mol. The van der Waals surface area contributed by atoms with Gasteiger partial charge in [-0.05, 0) is 18.6 Å². The summed E-state index contributed by atoms with van der Waals surface area (Å²) in [5, 5.41) is 0. The van der Waals surface area contributed by atoms with E-state index in [1.165, 1.54) is 6.07 Å². The van der Waals surface area contributed by atoms with Gasteiger partial charge in [0.25, 0.3) is 0 Å². The summed E-state index contributed by atoms with van der Waals surface area (Å²) < 4.78 is 36.6. The fourth-order valence-electron chi connectivity index (χ4n) is 0.914. The number of nitrogen functional groups attached to an aromatic ring is 1. The monoisotopic (exact) mass is 202 g/mol. The fraction of sp³-hybridized carbons (Fsp3) is 0.222. The van der Waals surface area contributed by atoms with Crippen molar-refractivity contribution in [2.75, 3.05) is 5.73 Å². The van der Waals surface area contributed by atoms with E-state index in [4.69, 9.17) is 5.73 Å². The number of anilines is 1. The lowest BCUT2D eigenvalue weighted by Crippen LogP contribution is -2.10. The normalized spacial score (nSPS) is 11.4. The summed E-state index contributed by atoms with van der Waals surface area (Å²) in [7, 11) is 0. The van der Waals surface area contributed by atoms with Gasteiger partial charge in [0.2, 0.25) is 0 Å². The van der Waals surface area contributed by atoms with Crippen LogP contribution >= 0.6 is 0 Å². The lowest BCUT2D eigenvalue weighted by molar-refractivity contribution is -0.0686. The predicted octanol–water partition coefficient (Wildman–Crippen LogP) is 2.55. The molecule has 0 unspecified atom stereocenters. The molecule has 0 fully saturated rings. The lowest BCUT2D eigenvalue weighted by Gasteiger charge is -2.10. The zero-order chi connectivity index (χ0) is 10.9. The van der Waals surface area contributed by atoms with Gasteiger partial charge in [0.1, 0.15) is 5.82 Å². The third kappa shape index (κ3) is 2.04. The summed E-state index contributed by atoms with van der Waals surface area (Å²) in [6.45, 7) is 4.55. The summed E-state index contributed by atoms with van der Waals surface area (Å²) in [5.41, 5.74) is 4.92. The Bertz CT molecular complexity index is 369. The summed E-state index contributed by atoms with van der Waals surface area (Å²) in [4.78, 5) is 3.63. The Morgan fingerprint density at radius 3 is 2.50 bits per heavy atom. The molecule has 0 aliphatic heterocycles. The molecule has 5 heteroatoms. The third-order valence-electron chi connectivity index (χ3n) is 1.81. The number of hydrogen-bond acceptors (Lipinski definition) is 2. The molecule has 2 nitrogen and oxygen atoms in total. The van der Waals surface area contributed by atoms with E-state index in [0.29, 0.717) is 5.56 Å². The molecule has 2 N–H and O–H groups in total. The summed E-state index contributed by atoms with van der Waals surface area (Å²) in [6, 6.07) is 1.32. The minimum absolute atomic E-state index is 0.0517. The second-order valence-corrected chi connectivity index (χ2v) is 2.90. The molecule has 0 saturated carbocycles. The van der Waals surface area contributed by atoms with Crippen LogP contribution in [0.1, 0.15) is 11.1 Å².